The van der Waals surface area contributed by atoms with E-state index >= 15 is 0 Å². The summed E-state index contributed by atoms with van der Waals surface area (Å²) in [5.41, 5.74) is 5.98. The zero-order chi connectivity index (χ0) is 13.3. The van der Waals surface area contributed by atoms with E-state index in [-0.39, 0.29) is 17.5 Å². The number of H-pyrrole nitrogens is 1. The molecular formula is C11H17N3O3S. The van der Waals surface area contributed by atoms with Gasteiger partial charge in [0.15, 0.2) is 5.78 Å². The van der Waals surface area contributed by atoms with E-state index in [0.717, 1.165) is 12.8 Å². The Bertz CT molecular complexity index is 550. The van der Waals surface area contributed by atoms with Crippen LogP contribution in [0.3, 0.4) is 0 Å². The predicted octanol–water partition coefficient (Wildman–Crippen LogP) is 0.778. The number of rotatable bonds is 3. The van der Waals surface area contributed by atoms with E-state index in [1.807, 2.05) is 0 Å². The van der Waals surface area contributed by atoms with Gasteiger partial charge in [0.1, 0.15) is 15.7 Å². The first-order valence-electron chi connectivity index (χ1n) is 5.91. The summed E-state index contributed by atoms with van der Waals surface area (Å²) in [6.45, 7) is 0. The lowest BCUT2D eigenvalue weighted by Gasteiger charge is -2.26. The third kappa shape index (κ3) is 2.55. The number of nitrogens with one attached hydrogen (secondary N) is 1. The third-order valence-corrected chi connectivity index (χ3v) is 5.18. The highest BCUT2D eigenvalue weighted by Gasteiger charge is 2.33. The van der Waals surface area contributed by atoms with Crippen molar-refractivity contribution in [1.29, 1.82) is 0 Å². The fraction of sp³-hybridized carbons (Fsp3) is 0.636. The number of sulfone groups is 1. The van der Waals surface area contributed by atoms with E-state index < -0.39 is 15.1 Å². The molecule has 0 amide bonds. The first kappa shape index (κ1) is 13.1. The molecule has 18 heavy (non-hydrogen) atoms. The van der Waals surface area contributed by atoms with Crippen molar-refractivity contribution in [2.75, 3.05) is 12.0 Å². The maximum absolute atomic E-state index is 12.2. The van der Waals surface area contributed by atoms with Gasteiger partial charge in [0.2, 0.25) is 0 Å². The molecule has 1 saturated carbocycles. The molecule has 2 atom stereocenters. The highest BCUT2D eigenvalue weighted by atomic mass is 32.2. The van der Waals surface area contributed by atoms with Crippen LogP contribution >= 0.6 is 0 Å². The van der Waals surface area contributed by atoms with Crippen LogP contribution in [-0.2, 0) is 9.84 Å². The molecule has 1 aromatic heterocycles. The average molecular weight is 271 g/mol. The van der Waals surface area contributed by atoms with Gasteiger partial charge in [0.05, 0.1) is 17.0 Å². The van der Waals surface area contributed by atoms with E-state index in [0.29, 0.717) is 18.4 Å². The minimum Gasteiger partial charge on any atom is -0.383 e. The molecule has 0 spiro atoms. The number of hydrogen-bond acceptors (Lipinski definition) is 5. The van der Waals surface area contributed by atoms with Gasteiger partial charge in [-0.05, 0) is 19.3 Å². The van der Waals surface area contributed by atoms with E-state index in [4.69, 9.17) is 5.73 Å². The van der Waals surface area contributed by atoms with Gasteiger partial charge in [-0.15, -0.1) is 0 Å². The van der Waals surface area contributed by atoms with Gasteiger partial charge in [0.25, 0.3) is 0 Å². The standard InChI is InChI=1S/C11H17N3O3S/c1-18(16,17)8-4-2-3-7(5-8)10(15)9-6-13-14-11(9)12/h6-8H,2-5H2,1H3,(H3,12,13,14). The molecule has 1 heterocycles. The molecule has 0 aromatic carbocycles. The van der Waals surface area contributed by atoms with Crippen molar-refractivity contribution in [3.63, 3.8) is 0 Å². The number of anilines is 1. The molecule has 7 heteroatoms. The minimum absolute atomic E-state index is 0.102. The van der Waals surface area contributed by atoms with Crippen LogP contribution in [0, 0.1) is 5.92 Å². The van der Waals surface area contributed by atoms with Crippen molar-refractivity contribution in [2.24, 2.45) is 5.92 Å². The molecule has 100 valence electrons. The Morgan fingerprint density at radius 2 is 2.22 bits per heavy atom. The Kier molecular flexibility index (Phi) is 3.43. The zero-order valence-corrected chi connectivity index (χ0v) is 11.0. The van der Waals surface area contributed by atoms with E-state index in [1.54, 1.807) is 0 Å². The average Bonchev–Trinajstić information content (AvgIpc) is 2.73. The molecule has 1 aromatic rings. The van der Waals surface area contributed by atoms with Crippen LogP contribution in [0.1, 0.15) is 36.0 Å². The lowest BCUT2D eigenvalue weighted by atomic mass is 9.84. The zero-order valence-electron chi connectivity index (χ0n) is 10.2. The van der Waals surface area contributed by atoms with Crippen molar-refractivity contribution in [3.8, 4) is 0 Å². The van der Waals surface area contributed by atoms with Gasteiger partial charge < -0.3 is 5.73 Å². The monoisotopic (exact) mass is 271 g/mol. The van der Waals surface area contributed by atoms with Gasteiger partial charge in [-0.1, -0.05) is 6.42 Å². The summed E-state index contributed by atoms with van der Waals surface area (Å²) in [6, 6.07) is 0. The summed E-state index contributed by atoms with van der Waals surface area (Å²) >= 11 is 0. The number of aromatic nitrogens is 2. The molecule has 2 rings (SSSR count). The Labute approximate surface area is 106 Å². The van der Waals surface area contributed by atoms with Crippen LogP contribution in [0.5, 0.6) is 0 Å². The molecule has 0 bridgehead atoms. The Hall–Kier alpha value is -1.37. The van der Waals surface area contributed by atoms with Crippen LogP contribution in [-0.4, -0.2) is 35.9 Å². The smallest absolute Gasteiger partial charge is 0.171 e. The number of carbonyl (C=O) groups excluding carboxylic acids is 1. The van der Waals surface area contributed by atoms with Crippen molar-refractivity contribution >= 4 is 21.4 Å². The number of nitrogens with two attached hydrogens (primary N) is 1. The second-order valence-corrected chi connectivity index (χ2v) is 7.20. The lowest BCUT2D eigenvalue weighted by Crippen LogP contribution is -2.31. The number of carbonyl (C=O) groups is 1. The van der Waals surface area contributed by atoms with Crippen LogP contribution in [0.25, 0.3) is 0 Å². The fourth-order valence-electron chi connectivity index (χ4n) is 2.48. The summed E-state index contributed by atoms with van der Waals surface area (Å²) in [6.07, 6.45) is 5.14. The summed E-state index contributed by atoms with van der Waals surface area (Å²) < 4.78 is 23.1. The van der Waals surface area contributed by atoms with Crippen molar-refractivity contribution in [1.82, 2.24) is 10.2 Å². The van der Waals surface area contributed by atoms with Crippen molar-refractivity contribution < 1.29 is 13.2 Å². The van der Waals surface area contributed by atoms with Gasteiger partial charge in [-0.25, -0.2) is 8.42 Å². The third-order valence-electron chi connectivity index (χ3n) is 3.54. The van der Waals surface area contributed by atoms with Crippen LogP contribution < -0.4 is 5.73 Å². The molecule has 0 aliphatic heterocycles. The quantitative estimate of drug-likeness (QED) is 0.790. The summed E-state index contributed by atoms with van der Waals surface area (Å²) in [5, 5.41) is 5.83. The number of Topliss-reactive ketones (excluding diaryl/α,β-unsaturated/α-hetero) is 1. The Balaban J connectivity index is 2.15. The second-order valence-electron chi connectivity index (χ2n) is 4.88. The number of hydrogen-bond donors (Lipinski definition) is 2. The fourth-order valence-corrected chi connectivity index (χ4v) is 3.66. The maximum atomic E-state index is 12.2. The first-order valence-corrected chi connectivity index (χ1v) is 7.87. The lowest BCUT2D eigenvalue weighted by molar-refractivity contribution is 0.0892. The van der Waals surface area contributed by atoms with E-state index in [2.05, 4.69) is 10.2 Å². The molecule has 6 nitrogen and oxygen atoms in total. The SMILES string of the molecule is CS(=O)(=O)C1CCCC(C(=O)c2cn[nH]c2N)C1. The van der Waals surface area contributed by atoms with E-state index in [1.165, 1.54) is 12.5 Å². The number of nitrogens with zero attached hydrogens (tertiary/aromatic N) is 1. The van der Waals surface area contributed by atoms with Gasteiger partial charge in [-0.2, -0.15) is 5.10 Å². The van der Waals surface area contributed by atoms with Crippen LogP contribution in [0.2, 0.25) is 0 Å². The molecule has 0 radical (unpaired) electrons. The topological polar surface area (TPSA) is 106 Å². The first-order chi connectivity index (χ1) is 8.39. The highest BCUT2D eigenvalue weighted by molar-refractivity contribution is 7.91. The maximum Gasteiger partial charge on any atom is 0.171 e. The second kappa shape index (κ2) is 4.72. The highest BCUT2D eigenvalue weighted by Crippen LogP contribution is 2.31. The molecule has 2 unspecified atom stereocenters. The van der Waals surface area contributed by atoms with Gasteiger partial charge in [-0.3, -0.25) is 9.89 Å². The molecule has 3 N–H and O–H groups in total. The minimum atomic E-state index is -3.08. The number of aromatic amines is 1. The number of ketones is 1. The Morgan fingerprint density at radius 3 is 2.78 bits per heavy atom. The van der Waals surface area contributed by atoms with Crippen LogP contribution in [0.4, 0.5) is 5.82 Å². The van der Waals surface area contributed by atoms with Crippen LogP contribution in [0.15, 0.2) is 6.20 Å². The van der Waals surface area contributed by atoms with Crippen molar-refractivity contribution in [3.05, 3.63) is 11.8 Å². The van der Waals surface area contributed by atoms with E-state index in [9.17, 15) is 13.2 Å². The normalized spacial score (nSPS) is 24.9. The van der Waals surface area contributed by atoms with Crippen molar-refractivity contribution in [2.45, 2.75) is 30.9 Å². The summed E-state index contributed by atoms with van der Waals surface area (Å²) in [5.74, 6) is -0.116. The largest absolute Gasteiger partial charge is 0.383 e. The summed E-state index contributed by atoms with van der Waals surface area (Å²) in [7, 11) is -3.08. The molecule has 1 fully saturated rings. The van der Waals surface area contributed by atoms with Gasteiger partial charge in [0, 0.05) is 12.2 Å². The predicted molar refractivity (Wildman–Crippen MR) is 67.9 cm³/mol. The molecular weight excluding hydrogens is 254 g/mol. The van der Waals surface area contributed by atoms with Gasteiger partial charge >= 0.3 is 0 Å². The molecule has 1 aliphatic carbocycles. The molecule has 1 aliphatic rings. The Morgan fingerprint density at radius 1 is 1.50 bits per heavy atom. The molecule has 0 saturated heterocycles. The number of nitrogen functional groups attached to an aromatic ring is 1. The summed E-state index contributed by atoms with van der Waals surface area (Å²) in [4.78, 5) is 12.2.